The molecule has 2 aliphatic rings. The van der Waals surface area contributed by atoms with Crippen LogP contribution in [0, 0.1) is 5.92 Å². The molecule has 0 saturated heterocycles. The van der Waals surface area contributed by atoms with E-state index in [1.807, 2.05) is 18.2 Å². The quantitative estimate of drug-likeness (QED) is 0.629. The van der Waals surface area contributed by atoms with Crippen molar-refractivity contribution >= 4 is 16.5 Å². The summed E-state index contributed by atoms with van der Waals surface area (Å²) in [5, 5.41) is 15.3. The summed E-state index contributed by atoms with van der Waals surface area (Å²) in [6.07, 6.45) is 8.01. The Kier molecular flexibility index (Phi) is 4.25. The van der Waals surface area contributed by atoms with Crippen LogP contribution in [-0.4, -0.2) is 22.7 Å². The van der Waals surface area contributed by atoms with Gasteiger partial charge in [0.15, 0.2) is 0 Å². The summed E-state index contributed by atoms with van der Waals surface area (Å²) in [4.78, 5) is 3.62. The zero-order chi connectivity index (χ0) is 18.2. The maximum absolute atomic E-state index is 10.2. The highest BCUT2D eigenvalue weighted by molar-refractivity contribution is 5.84. The summed E-state index contributed by atoms with van der Waals surface area (Å²) in [7, 11) is 0. The van der Waals surface area contributed by atoms with E-state index in [4.69, 9.17) is 0 Å². The molecule has 0 spiro atoms. The van der Waals surface area contributed by atoms with Crippen molar-refractivity contribution in [3.63, 3.8) is 0 Å². The van der Waals surface area contributed by atoms with Gasteiger partial charge in [0, 0.05) is 34.7 Å². The van der Waals surface area contributed by atoms with Gasteiger partial charge < -0.3 is 15.4 Å². The van der Waals surface area contributed by atoms with Crippen molar-refractivity contribution in [3.05, 3.63) is 71.4 Å². The van der Waals surface area contributed by atoms with Gasteiger partial charge in [-0.25, -0.2) is 0 Å². The van der Waals surface area contributed by atoms with Gasteiger partial charge >= 0.3 is 0 Å². The molecule has 3 N–H and O–H groups in total. The molecule has 2 unspecified atom stereocenters. The Morgan fingerprint density at radius 2 is 1.85 bits per heavy atom. The van der Waals surface area contributed by atoms with E-state index < -0.39 is 0 Å². The number of hydrogen-bond donors (Lipinski definition) is 3. The monoisotopic (exact) mass is 358 g/mol. The number of para-hydroxylation sites is 2. The molecular weight excluding hydrogens is 332 g/mol. The third-order valence-electron chi connectivity index (χ3n) is 6.29. The number of benzene rings is 2. The molecule has 2 heterocycles. The minimum Gasteiger partial charge on any atom is -0.507 e. The largest absolute Gasteiger partial charge is 0.507 e. The van der Waals surface area contributed by atoms with Gasteiger partial charge in [-0.3, -0.25) is 0 Å². The van der Waals surface area contributed by atoms with Crippen LogP contribution in [0.5, 0.6) is 5.75 Å². The van der Waals surface area contributed by atoms with Gasteiger partial charge in [-0.1, -0.05) is 42.5 Å². The number of rotatable bonds is 3. The van der Waals surface area contributed by atoms with Gasteiger partial charge in [0.05, 0.1) is 0 Å². The highest BCUT2D eigenvalue weighted by Gasteiger charge is 2.26. The molecule has 0 saturated carbocycles. The highest BCUT2D eigenvalue weighted by Crippen LogP contribution is 2.36. The van der Waals surface area contributed by atoms with E-state index in [0.29, 0.717) is 11.8 Å². The van der Waals surface area contributed by atoms with E-state index in [1.54, 1.807) is 6.07 Å². The Labute approximate surface area is 160 Å². The Bertz CT molecular complexity index is 1000. The lowest BCUT2D eigenvalue weighted by Gasteiger charge is -2.30. The second-order valence-electron chi connectivity index (χ2n) is 8.03. The van der Waals surface area contributed by atoms with Gasteiger partial charge in [0.2, 0.25) is 0 Å². The van der Waals surface area contributed by atoms with Crippen molar-refractivity contribution in [3.8, 4) is 5.75 Å². The SMILES string of the molecule is Oc1ccccc1C1=CCNC(CC2CCc3[nH]c4ccccc4c3C2)C1. The average Bonchev–Trinajstić information content (AvgIpc) is 3.07. The number of aryl methyl sites for hydroxylation is 1. The molecular formula is C24H26N2O. The smallest absolute Gasteiger partial charge is 0.123 e. The van der Waals surface area contributed by atoms with Crippen LogP contribution in [0.15, 0.2) is 54.6 Å². The molecule has 3 nitrogen and oxygen atoms in total. The standard InChI is InChI=1S/C24H26N2O/c27-24-8-4-2-5-19(24)17-11-12-25-18(15-17)13-16-9-10-23-21(14-16)20-6-1-3-7-22(20)26-23/h1-8,11,16,18,25-27H,9-10,12-15H2. The maximum Gasteiger partial charge on any atom is 0.123 e. The van der Waals surface area contributed by atoms with E-state index in [1.165, 1.54) is 47.0 Å². The zero-order valence-electron chi connectivity index (χ0n) is 15.5. The topological polar surface area (TPSA) is 48.0 Å². The number of fused-ring (bicyclic) bond motifs is 3. The Morgan fingerprint density at radius 1 is 1.00 bits per heavy atom. The van der Waals surface area contributed by atoms with Crippen molar-refractivity contribution in [2.45, 2.75) is 38.1 Å². The molecule has 138 valence electrons. The molecule has 0 amide bonds. The number of aromatic nitrogens is 1. The lowest BCUT2D eigenvalue weighted by molar-refractivity contribution is 0.356. The summed E-state index contributed by atoms with van der Waals surface area (Å²) in [6.45, 7) is 0.888. The normalized spacial score (nSPS) is 22.4. The molecule has 3 aromatic rings. The summed E-state index contributed by atoms with van der Waals surface area (Å²) >= 11 is 0. The molecule has 0 radical (unpaired) electrons. The number of phenolic OH excluding ortho intramolecular Hbond substituents is 1. The first-order chi connectivity index (χ1) is 13.3. The molecule has 2 aromatic carbocycles. The summed E-state index contributed by atoms with van der Waals surface area (Å²) in [5.74, 6) is 1.11. The minimum atomic E-state index is 0.394. The van der Waals surface area contributed by atoms with Crippen molar-refractivity contribution < 1.29 is 5.11 Å². The van der Waals surface area contributed by atoms with Crippen LogP contribution in [-0.2, 0) is 12.8 Å². The number of hydrogen-bond acceptors (Lipinski definition) is 2. The Hall–Kier alpha value is -2.52. The summed E-state index contributed by atoms with van der Waals surface area (Å²) < 4.78 is 0. The van der Waals surface area contributed by atoms with Gasteiger partial charge in [0.1, 0.15) is 5.75 Å². The summed E-state index contributed by atoms with van der Waals surface area (Å²) in [6, 6.07) is 16.9. The number of aromatic amines is 1. The summed E-state index contributed by atoms with van der Waals surface area (Å²) in [5.41, 5.74) is 6.53. The van der Waals surface area contributed by atoms with Crippen LogP contribution in [0.3, 0.4) is 0 Å². The first-order valence-corrected chi connectivity index (χ1v) is 10.1. The number of aromatic hydroxyl groups is 1. The first kappa shape index (κ1) is 16.6. The van der Waals surface area contributed by atoms with Crippen LogP contribution in [0.25, 0.3) is 16.5 Å². The van der Waals surface area contributed by atoms with Crippen molar-refractivity contribution in [2.75, 3.05) is 6.54 Å². The van der Waals surface area contributed by atoms with Crippen LogP contribution in [0.1, 0.15) is 36.1 Å². The van der Waals surface area contributed by atoms with Crippen molar-refractivity contribution in [1.29, 1.82) is 0 Å². The third kappa shape index (κ3) is 3.17. The molecule has 5 rings (SSSR count). The lowest BCUT2D eigenvalue weighted by Crippen LogP contribution is -2.35. The Balaban J connectivity index is 1.30. The number of nitrogens with one attached hydrogen (secondary N) is 2. The van der Waals surface area contributed by atoms with Crippen molar-refractivity contribution in [1.82, 2.24) is 10.3 Å². The van der Waals surface area contributed by atoms with E-state index in [2.05, 4.69) is 40.6 Å². The van der Waals surface area contributed by atoms with Crippen LogP contribution >= 0.6 is 0 Å². The van der Waals surface area contributed by atoms with E-state index in [0.717, 1.165) is 30.9 Å². The molecule has 0 bridgehead atoms. The predicted octanol–water partition coefficient (Wildman–Crippen LogP) is 4.81. The van der Waals surface area contributed by atoms with Gasteiger partial charge in [-0.15, -0.1) is 0 Å². The van der Waals surface area contributed by atoms with Crippen LogP contribution in [0.4, 0.5) is 0 Å². The van der Waals surface area contributed by atoms with Crippen LogP contribution in [0.2, 0.25) is 0 Å². The van der Waals surface area contributed by atoms with Gasteiger partial charge in [-0.05, 0) is 61.3 Å². The fraction of sp³-hybridized carbons (Fsp3) is 0.333. The van der Waals surface area contributed by atoms with E-state index in [9.17, 15) is 5.11 Å². The van der Waals surface area contributed by atoms with Gasteiger partial charge in [0.25, 0.3) is 0 Å². The average molecular weight is 358 g/mol. The molecule has 27 heavy (non-hydrogen) atoms. The van der Waals surface area contributed by atoms with Crippen LogP contribution < -0.4 is 5.32 Å². The second-order valence-corrected chi connectivity index (χ2v) is 8.03. The third-order valence-corrected chi connectivity index (χ3v) is 6.29. The minimum absolute atomic E-state index is 0.394. The molecule has 0 fully saturated rings. The fourth-order valence-electron chi connectivity index (χ4n) is 4.95. The van der Waals surface area contributed by atoms with Gasteiger partial charge in [-0.2, -0.15) is 0 Å². The van der Waals surface area contributed by atoms with E-state index >= 15 is 0 Å². The first-order valence-electron chi connectivity index (χ1n) is 10.1. The molecule has 3 heteroatoms. The fourth-order valence-corrected chi connectivity index (χ4v) is 4.95. The molecule has 1 aliphatic carbocycles. The highest BCUT2D eigenvalue weighted by atomic mass is 16.3. The maximum atomic E-state index is 10.2. The van der Waals surface area contributed by atoms with E-state index in [-0.39, 0.29) is 0 Å². The molecule has 2 atom stereocenters. The predicted molar refractivity (Wildman–Crippen MR) is 111 cm³/mol. The second kappa shape index (κ2) is 6.90. The Morgan fingerprint density at radius 3 is 2.78 bits per heavy atom. The van der Waals surface area contributed by atoms with Crippen molar-refractivity contribution in [2.24, 2.45) is 5.92 Å². The lowest BCUT2D eigenvalue weighted by atomic mass is 9.80. The zero-order valence-corrected chi connectivity index (χ0v) is 15.5. The number of phenols is 1. The number of H-pyrrole nitrogens is 1. The molecule has 1 aliphatic heterocycles. The molecule has 1 aromatic heterocycles.